The van der Waals surface area contributed by atoms with Gasteiger partial charge in [0.1, 0.15) is 18.2 Å². The maximum atomic E-state index is 13.0. The predicted octanol–water partition coefficient (Wildman–Crippen LogP) is 2.39. The molecule has 7 nitrogen and oxygen atoms in total. The van der Waals surface area contributed by atoms with E-state index in [-0.39, 0.29) is 4.90 Å². The first kappa shape index (κ1) is 23.4. The summed E-state index contributed by atoms with van der Waals surface area (Å²) in [5.74, 6) is -2.52. The van der Waals surface area contributed by atoms with E-state index in [4.69, 9.17) is 4.74 Å². The van der Waals surface area contributed by atoms with Gasteiger partial charge in [-0.05, 0) is 55.8 Å². The second-order valence-corrected chi connectivity index (χ2v) is 8.67. The van der Waals surface area contributed by atoms with E-state index < -0.39 is 52.2 Å². The number of halogens is 2. The Morgan fingerprint density at radius 3 is 2.03 bits per heavy atom. The minimum Gasteiger partial charge on any atom is -0.452 e. The number of carbonyl (C=O) groups is 2. The molecule has 0 radical (unpaired) electrons. The summed E-state index contributed by atoms with van der Waals surface area (Å²) in [6.07, 6.45) is -1.18. The van der Waals surface area contributed by atoms with Gasteiger partial charge in [-0.3, -0.25) is 9.59 Å². The van der Waals surface area contributed by atoms with Gasteiger partial charge in [0.2, 0.25) is 10.0 Å². The van der Waals surface area contributed by atoms with E-state index in [0.29, 0.717) is 5.56 Å². The van der Waals surface area contributed by atoms with Crippen LogP contribution in [0.2, 0.25) is 0 Å². The number of nitrogens with zero attached hydrogens (tertiary/aromatic N) is 1. The maximum absolute atomic E-state index is 13.0. The monoisotopic (exact) mass is 440 g/mol. The Hall–Kier alpha value is -2.85. The Bertz CT molecular complexity index is 995. The predicted molar refractivity (Wildman–Crippen MR) is 105 cm³/mol. The highest BCUT2D eigenvalue weighted by Crippen LogP contribution is 2.15. The number of nitrogens with one attached hydrogen (secondary N) is 1. The molecule has 2 rings (SSSR count). The number of hydrogen-bond donors (Lipinski definition) is 1. The Morgan fingerprint density at radius 2 is 1.50 bits per heavy atom. The zero-order valence-electron chi connectivity index (χ0n) is 16.6. The second-order valence-electron chi connectivity index (χ2n) is 6.63. The van der Waals surface area contributed by atoms with Gasteiger partial charge in [-0.2, -0.15) is 4.31 Å². The molecular formula is C20H22F2N2O5S. The Labute approximate surface area is 173 Å². The van der Waals surface area contributed by atoms with E-state index in [2.05, 4.69) is 5.32 Å². The lowest BCUT2D eigenvalue weighted by Gasteiger charge is -2.20. The molecule has 0 fully saturated rings. The van der Waals surface area contributed by atoms with Crippen molar-refractivity contribution in [3.8, 4) is 0 Å². The van der Waals surface area contributed by atoms with Gasteiger partial charge in [0.05, 0.1) is 10.9 Å². The summed E-state index contributed by atoms with van der Waals surface area (Å²) in [7, 11) is -2.86. The van der Waals surface area contributed by atoms with Crippen LogP contribution in [0.3, 0.4) is 0 Å². The number of likely N-dealkylation sites (N-methyl/N-ethyl adjacent to an activating group) is 1. The molecule has 30 heavy (non-hydrogen) atoms. The van der Waals surface area contributed by atoms with E-state index in [1.807, 2.05) is 0 Å². The lowest BCUT2D eigenvalue weighted by molar-refractivity contribution is -0.155. The van der Waals surface area contributed by atoms with Crippen molar-refractivity contribution in [1.29, 1.82) is 0 Å². The summed E-state index contributed by atoms with van der Waals surface area (Å²) < 4.78 is 56.6. The summed E-state index contributed by atoms with van der Waals surface area (Å²) in [5, 5.41) is 2.63. The molecule has 2 aromatic carbocycles. The number of amides is 1. The van der Waals surface area contributed by atoms with E-state index >= 15 is 0 Å². The van der Waals surface area contributed by atoms with Crippen molar-refractivity contribution >= 4 is 21.9 Å². The van der Waals surface area contributed by atoms with Crippen LogP contribution in [-0.2, 0) is 24.3 Å². The van der Waals surface area contributed by atoms with Crippen LogP contribution in [0.25, 0.3) is 0 Å². The fraction of sp³-hybridized carbons (Fsp3) is 0.300. The molecule has 0 aliphatic heterocycles. The maximum Gasteiger partial charge on any atom is 0.322 e. The third-order valence-electron chi connectivity index (χ3n) is 4.28. The van der Waals surface area contributed by atoms with Gasteiger partial charge in [0.25, 0.3) is 5.91 Å². The first-order chi connectivity index (χ1) is 14.0. The lowest BCUT2D eigenvalue weighted by atomic mass is 10.1. The summed E-state index contributed by atoms with van der Waals surface area (Å²) in [6, 6.07) is 9.26. The summed E-state index contributed by atoms with van der Waals surface area (Å²) >= 11 is 0. The molecule has 1 N–H and O–H groups in total. The molecule has 10 heteroatoms. The van der Waals surface area contributed by atoms with Crippen molar-refractivity contribution in [3.05, 3.63) is 65.7 Å². The zero-order chi connectivity index (χ0) is 22.5. The normalized spacial score (nSPS) is 13.5. The third kappa shape index (κ3) is 6.07. The molecule has 0 saturated carbocycles. The van der Waals surface area contributed by atoms with Crippen molar-refractivity contribution < 1.29 is 31.5 Å². The molecule has 2 unspecified atom stereocenters. The van der Waals surface area contributed by atoms with Gasteiger partial charge in [0, 0.05) is 7.05 Å². The van der Waals surface area contributed by atoms with E-state index in [1.165, 1.54) is 38.2 Å². The highest BCUT2D eigenvalue weighted by atomic mass is 32.2. The van der Waals surface area contributed by atoms with Crippen molar-refractivity contribution in [1.82, 2.24) is 9.62 Å². The molecular weight excluding hydrogens is 418 g/mol. The summed E-state index contributed by atoms with van der Waals surface area (Å²) in [5.41, 5.74) is 0.661. The number of esters is 1. The fourth-order valence-electron chi connectivity index (χ4n) is 2.51. The Kier molecular flexibility index (Phi) is 7.63. The fourth-order valence-corrected chi connectivity index (χ4v) is 3.62. The Balaban J connectivity index is 1.92. The van der Waals surface area contributed by atoms with Gasteiger partial charge < -0.3 is 10.1 Å². The number of carbonyl (C=O) groups excluding carboxylic acids is 2. The molecule has 2 atom stereocenters. The van der Waals surface area contributed by atoms with Crippen LogP contribution in [0, 0.1) is 11.6 Å². The smallest absolute Gasteiger partial charge is 0.322 e. The lowest BCUT2D eigenvalue weighted by Crippen LogP contribution is -2.40. The van der Waals surface area contributed by atoms with Crippen LogP contribution in [0.5, 0.6) is 0 Å². The average molecular weight is 440 g/mol. The number of rotatable bonds is 8. The zero-order valence-corrected chi connectivity index (χ0v) is 17.4. The van der Waals surface area contributed by atoms with Gasteiger partial charge >= 0.3 is 5.97 Å². The van der Waals surface area contributed by atoms with Gasteiger partial charge in [-0.1, -0.05) is 12.1 Å². The van der Waals surface area contributed by atoms with E-state index in [9.17, 15) is 26.8 Å². The molecule has 0 spiro atoms. The first-order valence-electron chi connectivity index (χ1n) is 8.98. The van der Waals surface area contributed by atoms with Crippen LogP contribution in [0.15, 0.2) is 53.4 Å². The van der Waals surface area contributed by atoms with Crippen molar-refractivity contribution in [2.24, 2.45) is 0 Å². The quantitative estimate of drug-likeness (QED) is 0.637. The van der Waals surface area contributed by atoms with Crippen LogP contribution in [0.4, 0.5) is 8.78 Å². The van der Waals surface area contributed by atoms with Crippen LogP contribution < -0.4 is 5.32 Å². The molecule has 1 amide bonds. The molecule has 0 saturated heterocycles. The van der Waals surface area contributed by atoms with Crippen molar-refractivity contribution in [3.63, 3.8) is 0 Å². The molecule has 0 aromatic heterocycles. The molecule has 0 aliphatic carbocycles. The third-order valence-corrected chi connectivity index (χ3v) is 6.10. The highest BCUT2D eigenvalue weighted by molar-refractivity contribution is 7.89. The number of ether oxygens (including phenoxy) is 1. The van der Waals surface area contributed by atoms with Gasteiger partial charge in [-0.25, -0.2) is 17.2 Å². The van der Waals surface area contributed by atoms with E-state index in [0.717, 1.165) is 28.6 Å². The minimum atomic E-state index is -4.03. The molecule has 0 aliphatic rings. The van der Waals surface area contributed by atoms with Gasteiger partial charge in [-0.15, -0.1) is 0 Å². The summed E-state index contributed by atoms with van der Waals surface area (Å²) in [4.78, 5) is 24.1. The minimum absolute atomic E-state index is 0.182. The van der Waals surface area contributed by atoms with Crippen LogP contribution in [0.1, 0.15) is 25.5 Å². The molecule has 2 aromatic rings. The standard InChI is InChI=1S/C20H22F2N2O5S/c1-13(15-4-6-16(21)7-5-15)23-20(26)14(2)29-19(25)12-24(3)30(27,28)18-10-8-17(22)9-11-18/h4-11,13-14H,12H2,1-3H3,(H,23,26). The largest absolute Gasteiger partial charge is 0.452 e. The van der Waals surface area contributed by atoms with Crippen LogP contribution in [-0.4, -0.2) is 44.3 Å². The van der Waals surface area contributed by atoms with Crippen molar-refractivity contribution in [2.75, 3.05) is 13.6 Å². The SMILES string of the molecule is CC(OC(=O)CN(C)S(=O)(=O)c1ccc(F)cc1)C(=O)NC(C)c1ccc(F)cc1. The first-order valence-corrected chi connectivity index (χ1v) is 10.4. The molecule has 0 heterocycles. The van der Waals surface area contributed by atoms with Crippen LogP contribution >= 0.6 is 0 Å². The summed E-state index contributed by atoms with van der Waals surface area (Å²) in [6.45, 7) is 2.40. The molecule has 162 valence electrons. The van der Waals surface area contributed by atoms with Gasteiger partial charge in [0.15, 0.2) is 6.10 Å². The Morgan fingerprint density at radius 1 is 1.00 bits per heavy atom. The molecule has 0 bridgehead atoms. The number of hydrogen-bond acceptors (Lipinski definition) is 5. The average Bonchev–Trinajstić information content (AvgIpc) is 2.68. The number of sulfonamides is 1. The van der Waals surface area contributed by atoms with E-state index in [1.54, 1.807) is 6.92 Å². The number of benzene rings is 2. The topological polar surface area (TPSA) is 92.8 Å². The van der Waals surface area contributed by atoms with Crippen molar-refractivity contribution in [2.45, 2.75) is 30.9 Å². The highest BCUT2D eigenvalue weighted by Gasteiger charge is 2.26. The second kappa shape index (κ2) is 9.77.